The van der Waals surface area contributed by atoms with Gasteiger partial charge >= 0.3 is 0 Å². The number of halogens is 1. The monoisotopic (exact) mass is 521 g/mol. The van der Waals surface area contributed by atoms with Gasteiger partial charge in [0.05, 0.1) is 42.2 Å². The first-order valence-corrected chi connectivity index (χ1v) is 12.5. The topological polar surface area (TPSA) is 121 Å². The summed E-state index contributed by atoms with van der Waals surface area (Å²) in [6.45, 7) is 1.48. The van der Waals surface area contributed by atoms with Crippen molar-refractivity contribution in [2.24, 2.45) is 5.73 Å². The molecule has 3 aromatic heterocycles. The number of rotatable bonds is 5. The first-order chi connectivity index (χ1) is 19.0. The third-order valence-corrected chi connectivity index (χ3v) is 7.11. The molecule has 2 aliphatic heterocycles. The van der Waals surface area contributed by atoms with Gasteiger partial charge in [0, 0.05) is 48.2 Å². The van der Waals surface area contributed by atoms with Gasteiger partial charge in [0.1, 0.15) is 23.2 Å². The second-order valence-corrected chi connectivity index (χ2v) is 9.47. The largest absolute Gasteiger partial charge is 0.496 e. The number of fused-ring (bicyclic) bond motifs is 1. The molecule has 5 heterocycles. The molecule has 1 amide bonds. The molecule has 1 atom stereocenters. The van der Waals surface area contributed by atoms with E-state index in [1.54, 1.807) is 47.5 Å². The van der Waals surface area contributed by atoms with Gasteiger partial charge in [-0.05, 0) is 48.9 Å². The number of hydrogen-bond donors (Lipinski definition) is 1. The fourth-order valence-electron chi connectivity index (χ4n) is 5.19. The lowest BCUT2D eigenvalue weighted by Crippen LogP contribution is -2.29. The molecule has 2 N–H and O–H groups in total. The van der Waals surface area contributed by atoms with E-state index in [9.17, 15) is 14.4 Å². The second-order valence-electron chi connectivity index (χ2n) is 9.47. The second kappa shape index (κ2) is 9.78. The van der Waals surface area contributed by atoms with E-state index in [4.69, 9.17) is 15.5 Å². The average Bonchev–Trinajstić information content (AvgIpc) is 3.55. The molecule has 4 aromatic rings. The Bertz CT molecular complexity index is 1650. The van der Waals surface area contributed by atoms with Crippen molar-refractivity contribution in [3.05, 3.63) is 83.4 Å². The first-order valence-electron chi connectivity index (χ1n) is 12.5. The van der Waals surface area contributed by atoms with Crippen molar-refractivity contribution in [3.63, 3.8) is 0 Å². The van der Waals surface area contributed by atoms with Crippen molar-refractivity contribution in [3.8, 4) is 34.3 Å². The number of anilines is 2. The van der Waals surface area contributed by atoms with Crippen LogP contribution in [0.3, 0.4) is 0 Å². The lowest BCUT2D eigenvalue weighted by Gasteiger charge is -2.23. The molecule has 0 bridgehead atoms. The van der Waals surface area contributed by atoms with Crippen LogP contribution in [0.2, 0.25) is 0 Å². The molecular formula is C29H24FN7O2. The van der Waals surface area contributed by atoms with Crippen LogP contribution in [0.5, 0.6) is 5.75 Å². The zero-order valence-corrected chi connectivity index (χ0v) is 21.1. The lowest BCUT2D eigenvalue weighted by molar-refractivity contribution is 0.0996. The maximum Gasteiger partial charge on any atom is 0.260 e. The molecular weight excluding hydrogens is 497 g/mol. The smallest absolute Gasteiger partial charge is 0.260 e. The Morgan fingerprint density at radius 3 is 2.74 bits per heavy atom. The van der Waals surface area contributed by atoms with E-state index in [2.05, 4.69) is 20.9 Å². The predicted octanol–water partition coefficient (Wildman–Crippen LogP) is 3.92. The lowest BCUT2D eigenvalue weighted by atomic mass is 10.0. The maximum atomic E-state index is 15.0. The van der Waals surface area contributed by atoms with Gasteiger partial charge in [0.15, 0.2) is 0 Å². The van der Waals surface area contributed by atoms with E-state index in [0.29, 0.717) is 58.6 Å². The van der Waals surface area contributed by atoms with E-state index < -0.39 is 5.82 Å². The molecule has 6 rings (SSSR count). The van der Waals surface area contributed by atoms with Crippen molar-refractivity contribution in [2.75, 3.05) is 30.0 Å². The predicted molar refractivity (Wildman–Crippen MR) is 144 cm³/mol. The summed E-state index contributed by atoms with van der Waals surface area (Å²) in [5.41, 5.74) is 9.65. The van der Waals surface area contributed by atoms with Gasteiger partial charge in [-0.3, -0.25) is 19.7 Å². The number of hydrogen-bond acceptors (Lipinski definition) is 8. The van der Waals surface area contributed by atoms with Crippen molar-refractivity contribution in [2.45, 2.75) is 19.0 Å². The number of carbonyl (C=O) groups excluding carboxylic acids is 1. The van der Waals surface area contributed by atoms with Gasteiger partial charge in [-0.1, -0.05) is 6.07 Å². The fraction of sp³-hybridized carbons (Fsp3) is 0.207. The van der Waals surface area contributed by atoms with Gasteiger partial charge in [-0.15, -0.1) is 0 Å². The Morgan fingerprint density at radius 1 is 1.13 bits per heavy atom. The molecule has 1 aromatic carbocycles. The van der Waals surface area contributed by atoms with Gasteiger partial charge in [-0.2, -0.15) is 5.26 Å². The minimum atomic E-state index is -0.483. The third-order valence-electron chi connectivity index (χ3n) is 7.11. The van der Waals surface area contributed by atoms with Crippen molar-refractivity contribution in [1.29, 1.82) is 5.26 Å². The highest BCUT2D eigenvalue weighted by Crippen LogP contribution is 2.40. The van der Waals surface area contributed by atoms with Crippen LogP contribution in [-0.4, -0.2) is 47.1 Å². The van der Waals surface area contributed by atoms with Crippen LogP contribution in [0.15, 0.2) is 60.9 Å². The van der Waals surface area contributed by atoms with Crippen LogP contribution in [0.1, 0.15) is 27.9 Å². The van der Waals surface area contributed by atoms with Crippen molar-refractivity contribution >= 4 is 17.5 Å². The van der Waals surface area contributed by atoms with E-state index in [0.717, 1.165) is 12.0 Å². The van der Waals surface area contributed by atoms with Gasteiger partial charge in [0.25, 0.3) is 5.91 Å². The molecule has 0 radical (unpaired) electrons. The zero-order valence-electron chi connectivity index (χ0n) is 21.1. The number of carbonyl (C=O) groups is 1. The molecule has 1 unspecified atom stereocenters. The number of pyridine rings is 3. The van der Waals surface area contributed by atoms with Crippen molar-refractivity contribution < 1.29 is 13.9 Å². The van der Waals surface area contributed by atoms with Crippen molar-refractivity contribution in [1.82, 2.24) is 15.0 Å². The Balaban J connectivity index is 1.43. The highest BCUT2D eigenvalue weighted by molar-refractivity contribution is 6.11. The molecule has 2 aliphatic rings. The molecule has 194 valence electrons. The van der Waals surface area contributed by atoms with E-state index in [1.807, 2.05) is 6.07 Å². The molecule has 39 heavy (non-hydrogen) atoms. The minimum absolute atomic E-state index is 0.00348. The molecule has 1 saturated heterocycles. The summed E-state index contributed by atoms with van der Waals surface area (Å²) in [5, 5.41) is 9.38. The highest BCUT2D eigenvalue weighted by Gasteiger charge is 2.34. The number of aromatic nitrogens is 3. The number of nitrogens with two attached hydrogens (primary N) is 1. The molecule has 9 nitrogen and oxygen atoms in total. The van der Waals surface area contributed by atoms with Crippen LogP contribution in [0.4, 0.5) is 16.0 Å². The molecule has 10 heteroatoms. The van der Waals surface area contributed by atoms with Crippen LogP contribution in [0.25, 0.3) is 22.5 Å². The van der Waals surface area contributed by atoms with Crippen LogP contribution >= 0.6 is 0 Å². The van der Waals surface area contributed by atoms with E-state index in [1.165, 1.54) is 19.4 Å². The summed E-state index contributed by atoms with van der Waals surface area (Å²) in [7, 11) is 1.47. The number of nitriles is 1. The maximum absolute atomic E-state index is 15.0. The molecule has 1 fully saturated rings. The highest BCUT2D eigenvalue weighted by atomic mass is 19.1. The summed E-state index contributed by atoms with van der Waals surface area (Å²) in [5.74, 6) is 0.685. The SMILES string of the molecule is COc1cccc(F)c1-c1nccc2c1CN(c1ccc(-c3cc(C#N)ccn3)c(N3CCC(N)C3)n1)C2=O. The standard InChI is InChI=1S/C29H24FN7O2/c1-39-24-4-2-3-22(30)26(24)27-21-16-37(29(38)19(21)8-11-34-27)25-6-5-20(23-13-17(14-31)7-10-33-23)28(35-25)36-12-9-18(32)15-36/h2-8,10-11,13,18H,9,12,15-16,32H2,1H3. The van der Waals surface area contributed by atoms with Gasteiger partial charge < -0.3 is 15.4 Å². The summed E-state index contributed by atoms with van der Waals surface area (Å²) in [6, 6.07) is 15.3. The number of amides is 1. The van der Waals surface area contributed by atoms with Crippen LogP contribution in [0, 0.1) is 17.1 Å². The third kappa shape index (κ3) is 4.23. The Labute approximate surface area is 224 Å². The molecule has 0 spiro atoms. The van der Waals surface area contributed by atoms with Gasteiger partial charge in [0.2, 0.25) is 0 Å². The normalized spacial score (nSPS) is 16.4. The summed E-state index contributed by atoms with van der Waals surface area (Å²) in [6.07, 6.45) is 3.90. The average molecular weight is 522 g/mol. The number of ether oxygens (including phenoxy) is 1. The Kier molecular flexibility index (Phi) is 6.13. The molecule has 0 saturated carbocycles. The fourth-order valence-corrected chi connectivity index (χ4v) is 5.19. The first kappa shape index (κ1) is 24.5. The summed E-state index contributed by atoms with van der Waals surface area (Å²) in [4.78, 5) is 31.1. The summed E-state index contributed by atoms with van der Waals surface area (Å²) < 4.78 is 20.4. The van der Waals surface area contributed by atoms with Crippen LogP contribution in [-0.2, 0) is 6.54 Å². The number of nitrogens with zero attached hydrogens (tertiary/aromatic N) is 6. The Morgan fingerprint density at radius 2 is 1.97 bits per heavy atom. The van der Waals surface area contributed by atoms with E-state index in [-0.39, 0.29) is 24.1 Å². The summed E-state index contributed by atoms with van der Waals surface area (Å²) >= 11 is 0. The Hall–Kier alpha value is -4.88. The minimum Gasteiger partial charge on any atom is -0.496 e. The van der Waals surface area contributed by atoms with Crippen LogP contribution < -0.4 is 20.3 Å². The van der Waals surface area contributed by atoms with E-state index >= 15 is 0 Å². The quantitative estimate of drug-likeness (QED) is 0.419. The molecule has 0 aliphatic carbocycles. The van der Waals surface area contributed by atoms with Gasteiger partial charge in [-0.25, -0.2) is 9.37 Å². The number of methoxy groups -OCH3 is 1. The number of benzene rings is 1. The zero-order chi connectivity index (χ0) is 27.1.